The van der Waals surface area contributed by atoms with Crippen LogP contribution >= 0.6 is 23.2 Å². The number of alkyl halides is 3. The van der Waals surface area contributed by atoms with E-state index in [1.54, 1.807) is 30.3 Å². The first-order chi connectivity index (χ1) is 18.1. The van der Waals surface area contributed by atoms with Crippen LogP contribution in [0.4, 0.5) is 18.9 Å². The average Bonchev–Trinajstić information content (AvgIpc) is 3.56. The van der Waals surface area contributed by atoms with Crippen molar-refractivity contribution < 1.29 is 22.8 Å². The molecule has 0 spiro atoms. The van der Waals surface area contributed by atoms with Gasteiger partial charge < -0.3 is 10.6 Å². The van der Waals surface area contributed by atoms with Gasteiger partial charge in [0.15, 0.2) is 11.5 Å². The van der Waals surface area contributed by atoms with Crippen LogP contribution in [0.15, 0.2) is 54.7 Å². The molecule has 1 aliphatic carbocycles. The summed E-state index contributed by atoms with van der Waals surface area (Å²) < 4.78 is 41.4. The maximum atomic E-state index is 13.6. The second-order valence-electron chi connectivity index (χ2n) is 8.88. The maximum absolute atomic E-state index is 13.6. The summed E-state index contributed by atoms with van der Waals surface area (Å²) >= 11 is 12.8. The van der Waals surface area contributed by atoms with Crippen LogP contribution in [0.3, 0.4) is 0 Å². The van der Waals surface area contributed by atoms with Crippen molar-refractivity contribution in [2.24, 2.45) is 0 Å². The molecular formula is C26H20Cl2F3N5O2. The zero-order valence-electron chi connectivity index (χ0n) is 19.6. The molecule has 5 rings (SSSR count). The van der Waals surface area contributed by atoms with E-state index in [2.05, 4.69) is 20.7 Å². The fourth-order valence-corrected chi connectivity index (χ4v) is 5.01. The Kier molecular flexibility index (Phi) is 7.02. The van der Waals surface area contributed by atoms with Crippen LogP contribution in [0.2, 0.25) is 10.0 Å². The first-order valence-electron chi connectivity index (χ1n) is 11.7. The standard InChI is InChI=1S/C26H20Cl2F3N5O2/c27-18-10-5-11-32-23(18)36-19(13-20(35-36)26(29,30)31)25(38)34-22-17(24(37)33-15-7-2-3-8-15)12-14-6-1-4-9-16(14)21(22)28/h1,4-6,9-13,15H,2-3,7-8H2,(H,33,37)(H,34,38). The molecule has 12 heteroatoms. The van der Waals surface area contributed by atoms with Gasteiger partial charge in [0.2, 0.25) is 0 Å². The molecule has 38 heavy (non-hydrogen) atoms. The number of carbonyl (C=O) groups is 2. The van der Waals surface area contributed by atoms with Gasteiger partial charge in [0.1, 0.15) is 5.69 Å². The quantitative estimate of drug-likeness (QED) is 0.284. The number of hydrogen-bond donors (Lipinski definition) is 2. The highest BCUT2D eigenvalue weighted by atomic mass is 35.5. The summed E-state index contributed by atoms with van der Waals surface area (Å²) in [4.78, 5) is 30.7. The van der Waals surface area contributed by atoms with Gasteiger partial charge in [0, 0.05) is 23.7 Å². The third-order valence-electron chi connectivity index (χ3n) is 6.33. The normalized spacial score (nSPS) is 14.1. The van der Waals surface area contributed by atoms with Crippen molar-refractivity contribution in [3.8, 4) is 5.82 Å². The summed E-state index contributed by atoms with van der Waals surface area (Å²) in [6.07, 6.45) is 0.124. The minimum atomic E-state index is -4.84. The lowest BCUT2D eigenvalue weighted by Gasteiger charge is -2.18. The van der Waals surface area contributed by atoms with E-state index in [-0.39, 0.29) is 33.2 Å². The van der Waals surface area contributed by atoms with Crippen molar-refractivity contribution in [3.05, 3.63) is 81.7 Å². The summed E-state index contributed by atoms with van der Waals surface area (Å²) in [7, 11) is 0. The molecule has 0 saturated heterocycles. The van der Waals surface area contributed by atoms with Crippen LogP contribution < -0.4 is 10.6 Å². The molecule has 0 aliphatic heterocycles. The number of pyridine rings is 1. The lowest BCUT2D eigenvalue weighted by molar-refractivity contribution is -0.141. The molecule has 196 valence electrons. The minimum Gasteiger partial charge on any atom is -0.349 e. The molecule has 1 aliphatic rings. The van der Waals surface area contributed by atoms with Crippen LogP contribution in [0.5, 0.6) is 0 Å². The van der Waals surface area contributed by atoms with Crippen LogP contribution in [0.25, 0.3) is 16.6 Å². The Hall–Kier alpha value is -3.63. The zero-order valence-corrected chi connectivity index (χ0v) is 21.2. The zero-order chi connectivity index (χ0) is 27.0. The number of nitrogens with one attached hydrogen (secondary N) is 2. The summed E-state index contributed by atoms with van der Waals surface area (Å²) in [6, 6.07) is 12.1. The molecule has 2 aromatic heterocycles. The molecule has 2 heterocycles. The van der Waals surface area contributed by atoms with Crippen molar-refractivity contribution >= 4 is 51.5 Å². The lowest BCUT2D eigenvalue weighted by atomic mass is 10.0. The number of halogens is 5. The minimum absolute atomic E-state index is 0.0151. The highest BCUT2D eigenvalue weighted by Crippen LogP contribution is 2.36. The second-order valence-corrected chi connectivity index (χ2v) is 9.66. The molecular weight excluding hydrogens is 542 g/mol. The monoisotopic (exact) mass is 561 g/mol. The number of fused-ring (bicyclic) bond motifs is 1. The Labute approximate surface area is 224 Å². The van der Waals surface area contributed by atoms with E-state index < -0.39 is 29.4 Å². The smallest absolute Gasteiger partial charge is 0.349 e. The van der Waals surface area contributed by atoms with Crippen molar-refractivity contribution in [2.75, 3.05) is 5.32 Å². The van der Waals surface area contributed by atoms with E-state index in [0.29, 0.717) is 21.5 Å². The predicted octanol–water partition coefficient (Wildman–Crippen LogP) is 6.67. The van der Waals surface area contributed by atoms with Gasteiger partial charge in [-0.1, -0.05) is 60.3 Å². The Bertz CT molecular complexity index is 1550. The molecule has 0 unspecified atom stereocenters. The van der Waals surface area contributed by atoms with Gasteiger partial charge in [0.25, 0.3) is 11.8 Å². The van der Waals surface area contributed by atoms with Crippen molar-refractivity contribution in [1.29, 1.82) is 0 Å². The number of anilines is 1. The molecule has 2 N–H and O–H groups in total. The Morgan fingerprint density at radius 1 is 1.00 bits per heavy atom. The van der Waals surface area contributed by atoms with Gasteiger partial charge in [-0.25, -0.2) is 9.67 Å². The molecule has 0 bridgehead atoms. The average molecular weight is 562 g/mol. The van der Waals surface area contributed by atoms with Gasteiger partial charge in [-0.05, 0) is 36.4 Å². The molecule has 2 amide bonds. The lowest BCUT2D eigenvalue weighted by Crippen LogP contribution is -2.33. The molecule has 2 aromatic carbocycles. The molecule has 4 aromatic rings. The molecule has 7 nitrogen and oxygen atoms in total. The first kappa shape index (κ1) is 26.0. The SMILES string of the molecule is O=C(NC1CCCC1)c1cc2ccccc2c(Cl)c1NC(=O)c1cc(C(F)(F)F)nn1-c1ncccc1Cl. The third-order valence-corrected chi connectivity index (χ3v) is 7.02. The number of hydrogen-bond acceptors (Lipinski definition) is 4. The van der Waals surface area contributed by atoms with Crippen LogP contribution in [-0.4, -0.2) is 32.6 Å². The van der Waals surface area contributed by atoms with Crippen molar-refractivity contribution in [1.82, 2.24) is 20.1 Å². The largest absolute Gasteiger partial charge is 0.435 e. The third kappa shape index (κ3) is 5.06. The number of amides is 2. The van der Waals surface area contributed by atoms with E-state index in [9.17, 15) is 22.8 Å². The molecule has 1 saturated carbocycles. The van der Waals surface area contributed by atoms with Crippen molar-refractivity contribution in [2.45, 2.75) is 37.9 Å². The van der Waals surface area contributed by atoms with Gasteiger partial charge >= 0.3 is 6.18 Å². The predicted molar refractivity (Wildman–Crippen MR) is 138 cm³/mol. The fraction of sp³-hybridized carbons (Fsp3) is 0.231. The summed E-state index contributed by atoms with van der Waals surface area (Å²) in [5.41, 5.74) is -1.75. The van der Waals surface area contributed by atoms with E-state index in [1.165, 1.54) is 18.3 Å². The van der Waals surface area contributed by atoms with Crippen LogP contribution in [0.1, 0.15) is 52.2 Å². The van der Waals surface area contributed by atoms with Crippen LogP contribution in [0, 0.1) is 0 Å². The molecule has 0 atom stereocenters. The topological polar surface area (TPSA) is 88.9 Å². The van der Waals surface area contributed by atoms with E-state index in [4.69, 9.17) is 23.2 Å². The highest BCUT2D eigenvalue weighted by Gasteiger charge is 2.37. The summed E-state index contributed by atoms with van der Waals surface area (Å²) in [6.45, 7) is 0. The fourth-order valence-electron chi connectivity index (χ4n) is 4.49. The number of aromatic nitrogens is 3. The summed E-state index contributed by atoms with van der Waals surface area (Å²) in [5.74, 6) is -1.60. The van der Waals surface area contributed by atoms with Crippen molar-refractivity contribution in [3.63, 3.8) is 0 Å². The van der Waals surface area contributed by atoms with E-state index in [0.717, 1.165) is 25.7 Å². The van der Waals surface area contributed by atoms with Gasteiger partial charge in [-0.15, -0.1) is 0 Å². The Balaban J connectivity index is 1.60. The first-order valence-corrected chi connectivity index (χ1v) is 12.5. The number of carbonyl (C=O) groups excluding carboxylic acids is 2. The van der Waals surface area contributed by atoms with Gasteiger partial charge in [-0.2, -0.15) is 18.3 Å². The highest BCUT2D eigenvalue weighted by molar-refractivity contribution is 6.40. The summed E-state index contributed by atoms with van der Waals surface area (Å²) in [5, 5.41) is 10.3. The van der Waals surface area contributed by atoms with E-state index in [1.807, 2.05) is 0 Å². The molecule has 1 fully saturated rings. The van der Waals surface area contributed by atoms with Crippen LogP contribution in [-0.2, 0) is 6.18 Å². The van der Waals surface area contributed by atoms with E-state index >= 15 is 0 Å². The molecule has 0 radical (unpaired) electrons. The second kappa shape index (κ2) is 10.3. The van der Waals surface area contributed by atoms with Gasteiger partial charge in [-0.3, -0.25) is 9.59 Å². The number of benzene rings is 2. The maximum Gasteiger partial charge on any atom is 0.435 e. The number of nitrogens with zero attached hydrogens (tertiary/aromatic N) is 3. The number of rotatable bonds is 5. The Morgan fingerprint density at radius 3 is 2.45 bits per heavy atom. The van der Waals surface area contributed by atoms with Gasteiger partial charge in [0.05, 0.1) is 21.3 Å². The Morgan fingerprint density at radius 2 is 1.74 bits per heavy atom.